The molecule has 0 aromatic heterocycles. The van der Waals surface area contributed by atoms with Crippen LogP contribution in [0.2, 0.25) is 5.02 Å². The molecule has 2 saturated heterocycles. The van der Waals surface area contributed by atoms with Crippen LogP contribution in [0.4, 0.5) is 4.79 Å². The predicted molar refractivity (Wildman–Crippen MR) is 92.0 cm³/mol. The third kappa shape index (κ3) is 3.66. The molecule has 1 aromatic carbocycles. The van der Waals surface area contributed by atoms with E-state index in [1.54, 1.807) is 11.9 Å². The normalized spacial score (nSPS) is 24.2. The zero-order valence-electron chi connectivity index (χ0n) is 14.0. The highest BCUT2D eigenvalue weighted by Gasteiger charge is 2.44. The molecule has 1 atom stereocenters. The lowest BCUT2D eigenvalue weighted by atomic mass is 9.95. The van der Waals surface area contributed by atoms with Crippen molar-refractivity contribution >= 4 is 23.6 Å². The Bertz CT molecular complexity index is 636. The summed E-state index contributed by atoms with van der Waals surface area (Å²) in [5, 5.41) is 0.709. The highest BCUT2D eigenvalue weighted by atomic mass is 35.5. The molecule has 130 valence electrons. The molecule has 5 nitrogen and oxygen atoms in total. The van der Waals surface area contributed by atoms with Crippen molar-refractivity contribution in [3.8, 4) is 0 Å². The maximum atomic E-state index is 12.5. The zero-order valence-corrected chi connectivity index (χ0v) is 14.7. The van der Waals surface area contributed by atoms with Crippen LogP contribution in [0, 0.1) is 0 Å². The first-order valence-electron chi connectivity index (χ1n) is 8.44. The molecule has 1 spiro atoms. The minimum absolute atomic E-state index is 0.143. The Morgan fingerprint density at radius 1 is 1.29 bits per heavy atom. The summed E-state index contributed by atoms with van der Waals surface area (Å²) in [6, 6.07) is 7.64. The van der Waals surface area contributed by atoms with Crippen molar-refractivity contribution in [1.82, 2.24) is 9.80 Å². The smallest absolute Gasteiger partial charge is 0.410 e. The molecule has 2 aliphatic rings. The van der Waals surface area contributed by atoms with Crippen LogP contribution in [0.15, 0.2) is 24.3 Å². The van der Waals surface area contributed by atoms with E-state index in [0.717, 1.165) is 24.9 Å². The number of carbonyl (C=O) groups excluding carboxylic acids is 2. The van der Waals surface area contributed by atoms with Gasteiger partial charge in [-0.1, -0.05) is 29.8 Å². The molecule has 1 aromatic rings. The third-order valence-electron chi connectivity index (χ3n) is 4.96. The van der Waals surface area contributed by atoms with Crippen LogP contribution in [0.5, 0.6) is 0 Å². The van der Waals surface area contributed by atoms with Gasteiger partial charge in [0.25, 0.3) is 0 Å². The van der Waals surface area contributed by atoms with Gasteiger partial charge in [-0.25, -0.2) is 4.79 Å². The van der Waals surface area contributed by atoms with Crippen molar-refractivity contribution in [3.05, 3.63) is 34.9 Å². The number of nitrogens with zero attached hydrogens (tertiary/aromatic N) is 2. The lowest BCUT2D eigenvalue weighted by molar-refractivity contribution is -0.131. The minimum atomic E-state index is -0.413. The number of likely N-dealkylation sites (N-methyl/N-ethyl adjacent to an activating group) is 1. The quantitative estimate of drug-likeness (QED) is 0.841. The van der Waals surface area contributed by atoms with Crippen LogP contribution in [0.1, 0.15) is 31.2 Å². The standard InChI is InChI=1S/C18H23ClN2O3/c1-20-13-18(24-17(20)23)9-4-11-21(12-10-18)16(22)8-7-14-5-2-3-6-15(14)19/h2-3,5-6H,4,7-13H2,1H3. The Balaban J connectivity index is 1.55. The zero-order chi connectivity index (χ0) is 17.2. The number of aryl methyl sites for hydroxylation is 1. The van der Waals surface area contributed by atoms with Crippen molar-refractivity contribution in [2.45, 2.75) is 37.7 Å². The molecule has 2 heterocycles. The maximum absolute atomic E-state index is 12.5. The summed E-state index contributed by atoms with van der Waals surface area (Å²) in [5.74, 6) is 0.143. The second-order valence-corrected chi connectivity index (χ2v) is 7.14. The lowest BCUT2D eigenvalue weighted by Crippen LogP contribution is -2.36. The van der Waals surface area contributed by atoms with Crippen LogP contribution in [0.25, 0.3) is 0 Å². The van der Waals surface area contributed by atoms with Gasteiger partial charge in [-0.2, -0.15) is 0 Å². The van der Waals surface area contributed by atoms with Crippen LogP contribution in [-0.2, 0) is 16.0 Å². The van der Waals surface area contributed by atoms with Gasteiger partial charge in [0, 0.05) is 38.0 Å². The number of rotatable bonds is 3. The Hall–Kier alpha value is -1.75. The summed E-state index contributed by atoms with van der Waals surface area (Å²) in [4.78, 5) is 27.7. The Kier molecular flexibility index (Phi) is 4.99. The van der Waals surface area contributed by atoms with Gasteiger partial charge in [-0.05, 0) is 30.9 Å². The van der Waals surface area contributed by atoms with Gasteiger partial charge in [-0.15, -0.1) is 0 Å². The van der Waals surface area contributed by atoms with Gasteiger partial charge in [0.2, 0.25) is 5.91 Å². The monoisotopic (exact) mass is 350 g/mol. The molecule has 2 fully saturated rings. The fraction of sp³-hybridized carbons (Fsp3) is 0.556. The lowest BCUT2D eigenvalue weighted by Gasteiger charge is -2.25. The summed E-state index contributed by atoms with van der Waals surface area (Å²) >= 11 is 6.15. The second kappa shape index (κ2) is 7.01. The van der Waals surface area contributed by atoms with Gasteiger partial charge >= 0.3 is 6.09 Å². The summed E-state index contributed by atoms with van der Waals surface area (Å²) in [5.41, 5.74) is 0.592. The Labute approximate surface area is 147 Å². The van der Waals surface area contributed by atoms with Gasteiger partial charge in [0.15, 0.2) is 0 Å². The fourth-order valence-corrected chi connectivity index (χ4v) is 3.80. The molecule has 2 aliphatic heterocycles. The Morgan fingerprint density at radius 2 is 2.08 bits per heavy atom. The molecule has 2 amide bonds. The first-order valence-corrected chi connectivity index (χ1v) is 8.82. The van der Waals surface area contributed by atoms with E-state index >= 15 is 0 Å². The average molecular weight is 351 g/mol. The van der Waals surface area contributed by atoms with Crippen LogP contribution in [-0.4, -0.2) is 54.1 Å². The number of carbonyl (C=O) groups is 2. The van der Waals surface area contributed by atoms with Crippen LogP contribution >= 0.6 is 11.6 Å². The SMILES string of the molecule is CN1CC2(CCCN(C(=O)CCc3ccccc3Cl)CC2)OC1=O. The second-order valence-electron chi connectivity index (χ2n) is 6.73. The van der Waals surface area contributed by atoms with Gasteiger partial charge < -0.3 is 14.5 Å². The number of halogens is 1. The fourth-order valence-electron chi connectivity index (χ4n) is 3.57. The highest BCUT2D eigenvalue weighted by molar-refractivity contribution is 6.31. The molecule has 0 bridgehead atoms. The van der Waals surface area contributed by atoms with E-state index in [4.69, 9.17) is 16.3 Å². The van der Waals surface area contributed by atoms with E-state index in [1.165, 1.54) is 0 Å². The molecular formula is C18H23ClN2O3. The van der Waals surface area contributed by atoms with E-state index < -0.39 is 5.60 Å². The van der Waals surface area contributed by atoms with Crippen LogP contribution < -0.4 is 0 Å². The molecule has 0 aliphatic carbocycles. The highest BCUT2D eigenvalue weighted by Crippen LogP contribution is 2.32. The maximum Gasteiger partial charge on any atom is 0.410 e. The topological polar surface area (TPSA) is 49.9 Å². The van der Waals surface area contributed by atoms with E-state index in [0.29, 0.717) is 37.4 Å². The van der Waals surface area contributed by atoms with Crippen molar-refractivity contribution in [2.75, 3.05) is 26.7 Å². The van der Waals surface area contributed by atoms with Crippen molar-refractivity contribution in [3.63, 3.8) is 0 Å². The molecule has 24 heavy (non-hydrogen) atoms. The van der Waals surface area contributed by atoms with Crippen molar-refractivity contribution in [2.24, 2.45) is 0 Å². The summed E-state index contributed by atoms with van der Waals surface area (Å²) in [6.07, 6.45) is 3.24. The first-order chi connectivity index (χ1) is 11.5. The molecule has 1 unspecified atom stereocenters. The number of hydrogen-bond donors (Lipinski definition) is 0. The summed E-state index contributed by atoms with van der Waals surface area (Å²) in [7, 11) is 1.76. The third-order valence-corrected chi connectivity index (χ3v) is 5.33. The number of ether oxygens (including phenoxy) is 1. The first kappa shape index (κ1) is 17.1. The molecule has 0 saturated carbocycles. The van der Waals surface area contributed by atoms with E-state index in [1.807, 2.05) is 29.2 Å². The van der Waals surface area contributed by atoms with E-state index in [2.05, 4.69) is 0 Å². The van der Waals surface area contributed by atoms with Crippen molar-refractivity contribution in [1.29, 1.82) is 0 Å². The molecule has 0 N–H and O–H groups in total. The van der Waals surface area contributed by atoms with Gasteiger partial charge in [-0.3, -0.25) is 4.79 Å². The number of hydrogen-bond acceptors (Lipinski definition) is 3. The molecule has 3 rings (SSSR count). The number of amides is 2. The minimum Gasteiger partial charge on any atom is -0.441 e. The van der Waals surface area contributed by atoms with Crippen molar-refractivity contribution < 1.29 is 14.3 Å². The van der Waals surface area contributed by atoms with Gasteiger partial charge in [0.1, 0.15) is 5.60 Å². The molecule has 0 radical (unpaired) electrons. The number of likely N-dealkylation sites (tertiary alicyclic amines) is 1. The van der Waals surface area contributed by atoms with E-state index in [9.17, 15) is 9.59 Å². The number of benzene rings is 1. The Morgan fingerprint density at radius 3 is 2.79 bits per heavy atom. The van der Waals surface area contributed by atoms with Crippen LogP contribution in [0.3, 0.4) is 0 Å². The average Bonchev–Trinajstić information content (AvgIpc) is 2.72. The van der Waals surface area contributed by atoms with Gasteiger partial charge in [0.05, 0.1) is 6.54 Å². The van der Waals surface area contributed by atoms with E-state index in [-0.39, 0.29) is 12.0 Å². The largest absolute Gasteiger partial charge is 0.441 e. The molecular weight excluding hydrogens is 328 g/mol. The summed E-state index contributed by atoms with van der Waals surface area (Å²) < 4.78 is 5.59. The predicted octanol–water partition coefficient (Wildman–Crippen LogP) is 3.11. The molecule has 6 heteroatoms. The summed E-state index contributed by atoms with van der Waals surface area (Å²) in [6.45, 7) is 1.99.